The fourth-order valence-electron chi connectivity index (χ4n) is 1.37. The van der Waals surface area contributed by atoms with Crippen LogP contribution in [0.2, 0.25) is 0 Å². The summed E-state index contributed by atoms with van der Waals surface area (Å²) in [4.78, 5) is 11.3. The minimum atomic E-state index is -0.312. The molecule has 2 N–H and O–H groups in total. The number of esters is 1. The Morgan fingerprint density at radius 3 is 2.88 bits per heavy atom. The van der Waals surface area contributed by atoms with Crippen LogP contribution in [0.3, 0.4) is 0 Å². The highest BCUT2D eigenvalue weighted by Crippen LogP contribution is 2.14. The Morgan fingerprint density at radius 1 is 1.50 bits per heavy atom. The predicted molar refractivity (Wildman–Crippen MR) is 65.2 cm³/mol. The molecule has 0 aromatic heterocycles. The molecular formula is C13H17NO2. The van der Waals surface area contributed by atoms with Crippen LogP contribution in [0.25, 0.3) is 6.08 Å². The first-order valence-electron chi connectivity index (χ1n) is 5.24. The molecule has 16 heavy (non-hydrogen) atoms. The van der Waals surface area contributed by atoms with Gasteiger partial charge in [-0.1, -0.05) is 18.2 Å². The molecule has 0 atom stereocenters. The SMILES string of the molecule is COC(=O)c1ccc(C)c(C=CCCN)c1. The maximum Gasteiger partial charge on any atom is 0.337 e. The molecule has 3 nitrogen and oxygen atoms in total. The summed E-state index contributed by atoms with van der Waals surface area (Å²) in [6.07, 6.45) is 4.82. The molecule has 0 fully saturated rings. The summed E-state index contributed by atoms with van der Waals surface area (Å²) >= 11 is 0. The molecule has 1 aromatic rings. The van der Waals surface area contributed by atoms with Crippen LogP contribution in [0.5, 0.6) is 0 Å². The molecule has 0 bridgehead atoms. The molecule has 0 saturated heterocycles. The van der Waals surface area contributed by atoms with Crippen LogP contribution in [0.4, 0.5) is 0 Å². The van der Waals surface area contributed by atoms with Gasteiger partial charge < -0.3 is 10.5 Å². The molecule has 0 aliphatic carbocycles. The Hall–Kier alpha value is -1.61. The maximum absolute atomic E-state index is 11.3. The number of nitrogens with two attached hydrogens (primary N) is 1. The minimum absolute atomic E-state index is 0.312. The van der Waals surface area contributed by atoms with E-state index in [1.165, 1.54) is 7.11 Å². The normalized spacial score (nSPS) is 10.7. The number of aryl methyl sites for hydroxylation is 1. The molecule has 0 unspecified atom stereocenters. The molecule has 0 spiro atoms. The topological polar surface area (TPSA) is 52.3 Å². The van der Waals surface area contributed by atoms with Crippen molar-refractivity contribution in [2.75, 3.05) is 13.7 Å². The van der Waals surface area contributed by atoms with E-state index in [4.69, 9.17) is 5.73 Å². The lowest BCUT2D eigenvalue weighted by Gasteiger charge is -2.04. The summed E-state index contributed by atoms with van der Waals surface area (Å²) in [6, 6.07) is 5.50. The van der Waals surface area contributed by atoms with Gasteiger partial charge in [-0.2, -0.15) is 0 Å². The average molecular weight is 219 g/mol. The van der Waals surface area contributed by atoms with Crippen molar-refractivity contribution in [2.45, 2.75) is 13.3 Å². The van der Waals surface area contributed by atoms with Gasteiger partial charge in [-0.3, -0.25) is 0 Å². The van der Waals surface area contributed by atoms with Crippen molar-refractivity contribution in [1.29, 1.82) is 0 Å². The van der Waals surface area contributed by atoms with E-state index in [2.05, 4.69) is 4.74 Å². The number of ether oxygens (including phenoxy) is 1. The van der Waals surface area contributed by atoms with Crippen LogP contribution in [0, 0.1) is 6.92 Å². The summed E-state index contributed by atoms with van der Waals surface area (Å²) < 4.78 is 4.67. The number of hydrogen-bond acceptors (Lipinski definition) is 3. The molecule has 0 saturated carbocycles. The molecule has 1 rings (SSSR count). The van der Waals surface area contributed by atoms with Crippen LogP contribution in [-0.2, 0) is 4.74 Å². The molecule has 86 valence electrons. The van der Waals surface area contributed by atoms with Gasteiger partial charge >= 0.3 is 5.97 Å². The molecule has 0 radical (unpaired) electrons. The van der Waals surface area contributed by atoms with Crippen LogP contribution >= 0.6 is 0 Å². The molecule has 1 aromatic carbocycles. The highest BCUT2D eigenvalue weighted by atomic mass is 16.5. The van der Waals surface area contributed by atoms with Gasteiger partial charge in [-0.05, 0) is 43.1 Å². The van der Waals surface area contributed by atoms with Gasteiger partial charge in [0.1, 0.15) is 0 Å². The zero-order valence-electron chi connectivity index (χ0n) is 9.69. The molecule has 0 aliphatic rings. The Kier molecular flexibility index (Phi) is 4.73. The molecule has 0 heterocycles. The number of methoxy groups -OCH3 is 1. The van der Waals surface area contributed by atoms with Crippen molar-refractivity contribution in [1.82, 2.24) is 0 Å². The first-order chi connectivity index (χ1) is 7.69. The van der Waals surface area contributed by atoms with Crippen LogP contribution in [0.15, 0.2) is 24.3 Å². The Labute approximate surface area is 95.9 Å². The highest BCUT2D eigenvalue weighted by Gasteiger charge is 2.06. The lowest BCUT2D eigenvalue weighted by molar-refractivity contribution is 0.0600. The standard InChI is InChI=1S/C13H17NO2/c1-10-6-7-12(13(15)16-2)9-11(10)5-3-4-8-14/h3,5-7,9H,4,8,14H2,1-2H3. The first-order valence-corrected chi connectivity index (χ1v) is 5.24. The number of carbonyl (C=O) groups is 1. The van der Waals surface area contributed by atoms with E-state index in [1.807, 2.05) is 31.2 Å². The highest BCUT2D eigenvalue weighted by molar-refractivity contribution is 5.90. The zero-order valence-corrected chi connectivity index (χ0v) is 9.69. The van der Waals surface area contributed by atoms with Crippen molar-refractivity contribution >= 4 is 12.0 Å². The van der Waals surface area contributed by atoms with Crippen LogP contribution in [0.1, 0.15) is 27.9 Å². The maximum atomic E-state index is 11.3. The van der Waals surface area contributed by atoms with Crippen molar-refractivity contribution in [3.63, 3.8) is 0 Å². The Morgan fingerprint density at radius 2 is 2.25 bits per heavy atom. The monoisotopic (exact) mass is 219 g/mol. The van der Waals surface area contributed by atoms with E-state index in [1.54, 1.807) is 6.07 Å². The summed E-state index contributed by atoms with van der Waals surface area (Å²) in [6.45, 7) is 2.63. The van der Waals surface area contributed by atoms with E-state index in [0.717, 1.165) is 17.5 Å². The van der Waals surface area contributed by atoms with Gasteiger partial charge in [0.05, 0.1) is 12.7 Å². The van der Waals surface area contributed by atoms with E-state index < -0.39 is 0 Å². The number of hydrogen-bond donors (Lipinski definition) is 1. The summed E-state index contributed by atoms with van der Waals surface area (Å²) in [5.74, 6) is -0.312. The number of benzene rings is 1. The minimum Gasteiger partial charge on any atom is -0.465 e. The fourth-order valence-corrected chi connectivity index (χ4v) is 1.37. The third-order valence-electron chi connectivity index (χ3n) is 2.33. The van der Waals surface area contributed by atoms with Crippen LogP contribution < -0.4 is 5.73 Å². The first kappa shape index (κ1) is 12.5. The zero-order chi connectivity index (χ0) is 12.0. The fraction of sp³-hybridized carbons (Fsp3) is 0.308. The van der Waals surface area contributed by atoms with Crippen molar-refractivity contribution in [2.24, 2.45) is 5.73 Å². The van der Waals surface area contributed by atoms with Gasteiger partial charge in [-0.15, -0.1) is 0 Å². The molecule has 0 amide bonds. The second-order valence-electron chi connectivity index (χ2n) is 3.54. The van der Waals surface area contributed by atoms with Crippen LogP contribution in [-0.4, -0.2) is 19.6 Å². The second kappa shape index (κ2) is 6.08. The van der Waals surface area contributed by atoms with Gasteiger partial charge in [0, 0.05) is 0 Å². The quantitative estimate of drug-likeness (QED) is 0.789. The summed E-state index contributed by atoms with van der Waals surface area (Å²) in [5, 5.41) is 0. The average Bonchev–Trinajstić information content (AvgIpc) is 2.31. The molecular weight excluding hydrogens is 202 g/mol. The number of rotatable bonds is 4. The van der Waals surface area contributed by atoms with Gasteiger partial charge in [-0.25, -0.2) is 4.79 Å². The Balaban J connectivity index is 2.94. The van der Waals surface area contributed by atoms with E-state index in [0.29, 0.717) is 12.1 Å². The van der Waals surface area contributed by atoms with Gasteiger partial charge in [0.2, 0.25) is 0 Å². The predicted octanol–water partition coefficient (Wildman–Crippen LogP) is 2.14. The lowest BCUT2D eigenvalue weighted by atomic mass is 10.0. The van der Waals surface area contributed by atoms with Gasteiger partial charge in [0.25, 0.3) is 0 Å². The Bertz CT molecular complexity index is 397. The lowest BCUT2D eigenvalue weighted by Crippen LogP contribution is -2.01. The van der Waals surface area contributed by atoms with Crippen molar-refractivity contribution in [3.05, 3.63) is 41.0 Å². The molecule has 0 aliphatic heterocycles. The second-order valence-corrected chi connectivity index (χ2v) is 3.54. The van der Waals surface area contributed by atoms with E-state index >= 15 is 0 Å². The van der Waals surface area contributed by atoms with E-state index in [-0.39, 0.29) is 5.97 Å². The smallest absolute Gasteiger partial charge is 0.337 e. The van der Waals surface area contributed by atoms with Gasteiger partial charge in [0.15, 0.2) is 0 Å². The largest absolute Gasteiger partial charge is 0.465 e. The summed E-state index contributed by atoms with van der Waals surface area (Å²) in [5.41, 5.74) is 8.13. The molecule has 3 heteroatoms. The van der Waals surface area contributed by atoms with Crippen molar-refractivity contribution in [3.8, 4) is 0 Å². The third kappa shape index (κ3) is 3.21. The van der Waals surface area contributed by atoms with E-state index in [9.17, 15) is 4.79 Å². The third-order valence-corrected chi connectivity index (χ3v) is 2.33. The number of carbonyl (C=O) groups excluding carboxylic acids is 1. The summed E-state index contributed by atoms with van der Waals surface area (Å²) in [7, 11) is 1.38. The van der Waals surface area contributed by atoms with Crippen molar-refractivity contribution < 1.29 is 9.53 Å².